The van der Waals surface area contributed by atoms with Gasteiger partial charge in [-0.25, -0.2) is 9.50 Å². The summed E-state index contributed by atoms with van der Waals surface area (Å²) in [5, 5.41) is 16.6. The molecule has 0 spiro atoms. The zero-order chi connectivity index (χ0) is 31.1. The lowest BCUT2D eigenvalue weighted by Gasteiger charge is -2.37. The molecule has 0 saturated heterocycles. The zero-order valence-corrected chi connectivity index (χ0v) is 22.9. The molecule has 6 rings (SSSR count). The first-order chi connectivity index (χ1) is 20.1. The second-order valence-corrected chi connectivity index (χ2v) is 11.7. The number of nitrogens with zero attached hydrogens (tertiary/aromatic N) is 4. The van der Waals surface area contributed by atoms with Crippen LogP contribution in [0, 0.1) is 5.92 Å². The van der Waals surface area contributed by atoms with Gasteiger partial charge in [-0.3, -0.25) is 9.59 Å². The molecule has 0 bridgehead atoms. The van der Waals surface area contributed by atoms with E-state index in [1.807, 2.05) is 6.92 Å². The van der Waals surface area contributed by atoms with Crippen molar-refractivity contribution in [2.75, 3.05) is 5.73 Å². The number of anilines is 1. The predicted octanol–water partition coefficient (Wildman–Crippen LogP) is 4.72. The van der Waals surface area contributed by atoms with Gasteiger partial charge in [0.05, 0.1) is 16.8 Å². The van der Waals surface area contributed by atoms with Gasteiger partial charge in [0.25, 0.3) is 11.8 Å². The third-order valence-corrected chi connectivity index (χ3v) is 8.85. The Morgan fingerprint density at radius 2 is 1.81 bits per heavy atom. The number of amides is 2. The molecule has 15 heteroatoms. The zero-order valence-electron chi connectivity index (χ0n) is 22.9. The molecule has 1 aliphatic heterocycles. The molecule has 3 heterocycles. The van der Waals surface area contributed by atoms with Gasteiger partial charge in [0.15, 0.2) is 17.1 Å². The van der Waals surface area contributed by atoms with E-state index in [0.717, 1.165) is 18.9 Å². The summed E-state index contributed by atoms with van der Waals surface area (Å²) in [5.41, 5.74) is 1.84. The van der Waals surface area contributed by atoms with Crippen LogP contribution in [0.15, 0.2) is 24.4 Å². The second kappa shape index (κ2) is 9.82. The second-order valence-electron chi connectivity index (χ2n) is 11.7. The molecular formula is C28H28F6N6O3. The van der Waals surface area contributed by atoms with Crippen molar-refractivity contribution in [3.8, 4) is 11.3 Å². The van der Waals surface area contributed by atoms with E-state index in [0.29, 0.717) is 0 Å². The summed E-state index contributed by atoms with van der Waals surface area (Å²) in [7, 11) is 0. The number of carbonyl (C=O) groups excluding carboxylic acids is 2. The first-order valence-corrected chi connectivity index (χ1v) is 13.9. The minimum atomic E-state index is -4.82. The fourth-order valence-electron chi connectivity index (χ4n) is 6.12. The third-order valence-electron chi connectivity index (χ3n) is 8.85. The molecule has 2 saturated carbocycles. The highest BCUT2D eigenvalue weighted by Crippen LogP contribution is 2.44. The topological polar surface area (TPSA) is 126 Å². The first-order valence-electron chi connectivity index (χ1n) is 13.9. The normalized spacial score (nSPS) is 23.5. The number of fused-ring (bicyclic) bond motifs is 2. The number of hydrogen-bond donors (Lipinski definition) is 3. The summed E-state index contributed by atoms with van der Waals surface area (Å²) < 4.78 is 83.3. The van der Waals surface area contributed by atoms with Gasteiger partial charge in [-0.05, 0) is 75.1 Å². The Balaban J connectivity index is 1.31. The molecular weight excluding hydrogens is 582 g/mol. The molecule has 230 valence electrons. The lowest BCUT2D eigenvalue weighted by molar-refractivity contribution is -0.270. The highest BCUT2D eigenvalue weighted by Gasteiger charge is 2.54. The third kappa shape index (κ3) is 5.06. The number of aliphatic hydroxyl groups is 1. The Morgan fingerprint density at radius 3 is 2.42 bits per heavy atom. The molecule has 1 aromatic carbocycles. The Morgan fingerprint density at radius 1 is 1.14 bits per heavy atom. The summed E-state index contributed by atoms with van der Waals surface area (Å²) in [6.07, 6.45) is -7.84. The highest BCUT2D eigenvalue weighted by molar-refractivity contribution is 6.04. The van der Waals surface area contributed by atoms with Crippen LogP contribution in [0.1, 0.15) is 77.3 Å². The van der Waals surface area contributed by atoms with Crippen LogP contribution >= 0.6 is 0 Å². The number of hydrogen-bond acceptors (Lipinski definition) is 6. The molecule has 0 unspecified atom stereocenters. The summed E-state index contributed by atoms with van der Waals surface area (Å²) in [6.45, 7) is 1.87. The monoisotopic (exact) mass is 610 g/mol. The lowest BCUT2D eigenvalue weighted by Crippen LogP contribution is -2.51. The average Bonchev–Trinajstić information content (AvgIpc) is 3.65. The predicted molar refractivity (Wildman–Crippen MR) is 141 cm³/mol. The number of aromatic nitrogens is 3. The Labute approximate surface area is 241 Å². The minimum absolute atomic E-state index is 0.0309. The van der Waals surface area contributed by atoms with Crippen LogP contribution in [0.2, 0.25) is 0 Å². The van der Waals surface area contributed by atoms with Gasteiger partial charge in [0.1, 0.15) is 5.56 Å². The van der Waals surface area contributed by atoms with Crippen molar-refractivity contribution in [3.63, 3.8) is 0 Å². The van der Waals surface area contributed by atoms with E-state index >= 15 is 0 Å². The molecule has 2 fully saturated rings. The highest BCUT2D eigenvalue weighted by atomic mass is 19.4. The number of carbonyl (C=O) groups is 2. The molecule has 3 aromatic rings. The molecule has 3 aliphatic rings. The van der Waals surface area contributed by atoms with Gasteiger partial charge in [-0.2, -0.15) is 26.3 Å². The maximum absolute atomic E-state index is 14.2. The molecule has 2 aliphatic carbocycles. The average molecular weight is 611 g/mol. The Kier molecular flexibility index (Phi) is 6.67. The maximum atomic E-state index is 14.2. The summed E-state index contributed by atoms with van der Waals surface area (Å²) in [4.78, 5) is 32.2. The molecule has 2 aromatic heterocycles. The van der Waals surface area contributed by atoms with Crippen LogP contribution in [0.5, 0.6) is 0 Å². The lowest BCUT2D eigenvalue weighted by atomic mass is 9.81. The van der Waals surface area contributed by atoms with Crippen LogP contribution in [-0.2, 0) is 12.7 Å². The van der Waals surface area contributed by atoms with Gasteiger partial charge >= 0.3 is 12.4 Å². The van der Waals surface area contributed by atoms with E-state index in [4.69, 9.17) is 5.73 Å². The van der Waals surface area contributed by atoms with Crippen molar-refractivity contribution in [2.45, 2.75) is 82.0 Å². The number of rotatable bonds is 5. The van der Waals surface area contributed by atoms with Crippen molar-refractivity contribution >= 4 is 23.3 Å². The van der Waals surface area contributed by atoms with E-state index in [9.17, 15) is 41.0 Å². The van der Waals surface area contributed by atoms with E-state index in [1.54, 1.807) is 0 Å². The Bertz CT molecular complexity index is 1620. The van der Waals surface area contributed by atoms with Gasteiger partial charge in [0.2, 0.25) is 0 Å². The largest absolute Gasteiger partial charge is 0.417 e. The van der Waals surface area contributed by atoms with Crippen LogP contribution < -0.4 is 11.1 Å². The van der Waals surface area contributed by atoms with Gasteiger partial charge < -0.3 is 21.1 Å². The van der Waals surface area contributed by atoms with Crippen LogP contribution in [-0.4, -0.2) is 60.3 Å². The number of nitrogens with two attached hydrogens (primary N) is 1. The fraction of sp³-hybridized carbons (Fsp3) is 0.500. The van der Waals surface area contributed by atoms with Crippen molar-refractivity contribution in [1.29, 1.82) is 0 Å². The molecule has 0 radical (unpaired) electrons. The van der Waals surface area contributed by atoms with Crippen LogP contribution in [0.3, 0.4) is 0 Å². The van der Waals surface area contributed by atoms with E-state index in [1.165, 1.54) is 27.7 Å². The summed E-state index contributed by atoms with van der Waals surface area (Å²) in [5.74, 6) is -1.39. The molecule has 1 atom stereocenters. The summed E-state index contributed by atoms with van der Waals surface area (Å²) in [6, 6.07) is 2.89. The van der Waals surface area contributed by atoms with Crippen molar-refractivity contribution < 1.29 is 41.0 Å². The van der Waals surface area contributed by atoms with Crippen LogP contribution in [0.4, 0.5) is 32.2 Å². The number of halogens is 6. The SMILES string of the molecule is C[C@@H](C1CC1)N1Cc2cc(-c3ccn4nc(N)c(C(=O)N[C@H]5CC[C@](O)(C(F)(F)F)CC5)c4n3)cc(C(F)(F)F)c2C1=O. The van der Waals surface area contributed by atoms with E-state index in [-0.39, 0.29) is 70.8 Å². The summed E-state index contributed by atoms with van der Waals surface area (Å²) >= 11 is 0. The van der Waals surface area contributed by atoms with Gasteiger partial charge in [-0.1, -0.05) is 0 Å². The molecule has 4 N–H and O–H groups in total. The van der Waals surface area contributed by atoms with E-state index < -0.39 is 54.2 Å². The standard InChI is InChI=1S/C28H28F6N6O3/c1-13(14-2-3-14)39-12-16-10-15(11-18(27(29,30)31)20(16)25(39)42)19-6-9-40-23(37-19)21(22(35)38-40)24(41)36-17-4-7-26(43,8-5-17)28(32,33)34/h6,9-11,13-14,17,43H,2-5,7-8,12H2,1H3,(H2,35,38)(H,36,41)/t13-,17-,26+/m0/s1. The number of nitrogen functional groups attached to an aromatic ring is 1. The van der Waals surface area contributed by atoms with Gasteiger partial charge in [0, 0.05) is 30.4 Å². The Hall–Kier alpha value is -3.88. The smallest absolute Gasteiger partial charge is 0.381 e. The molecule has 9 nitrogen and oxygen atoms in total. The van der Waals surface area contributed by atoms with Crippen molar-refractivity contribution in [3.05, 3.63) is 46.6 Å². The number of benzene rings is 1. The van der Waals surface area contributed by atoms with Gasteiger partial charge in [-0.15, -0.1) is 5.10 Å². The number of alkyl halides is 6. The fourth-order valence-corrected chi connectivity index (χ4v) is 6.12. The van der Waals surface area contributed by atoms with Crippen molar-refractivity contribution in [2.24, 2.45) is 5.92 Å². The maximum Gasteiger partial charge on any atom is 0.417 e. The molecule has 2 amide bonds. The molecule has 43 heavy (non-hydrogen) atoms. The van der Waals surface area contributed by atoms with Crippen molar-refractivity contribution in [1.82, 2.24) is 24.8 Å². The van der Waals surface area contributed by atoms with E-state index in [2.05, 4.69) is 15.4 Å². The van der Waals surface area contributed by atoms with Crippen LogP contribution in [0.25, 0.3) is 16.9 Å². The number of nitrogens with one attached hydrogen (secondary N) is 1. The quantitative estimate of drug-likeness (QED) is 0.359. The first kappa shape index (κ1) is 29.2. The minimum Gasteiger partial charge on any atom is -0.381 e.